The number of nitrogens with one attached hydrogen (secondary N) is 1. The Hall–Kier alpha value is -2.04. The van der Waals surface area contributed by atoms with E-state index < -0.39 is 0 Å². The fourth-order valence-corrected chi connectivity index (χ4v) is 3.93. The fourth-order valence-electron chi connectivity index (χ4n) is 3.93. The molecule has 0 bridgehead atoms. The van der Waals surface area contributed by atoms with E-state index in [2.05, 4.69) is 29.3 Å². The van der Waals surface area contributed by atoms with Gasteiger partial charge in [0, 0.05) is 43.5 Å². The molecule has 0 unspecified atom stereocenters. The Morgan fingerprint density at radius 3 is 3.00 bits per heavy atom. The number of amides is 1. The Kier molecular flexibility index (Phi) is 4.40. The summed E-state index contributed by atoms with van der Waals surface area (Å²) in [7, 11) is 0. The second-order valence-corrected chi connectivity index (χ2v) is 7.78. The van der Waals surface area contributed by atoms with Crippen molar-refractivity contribution in [3.05, 3.63) is 41.1 Å². The number of piperidine rings is 1. The van der Waals surface area contributed by atoms with Crippen molar-refractivity contribution in [2.24, 2.45) is 5.92 Å². The van der Waals surface area contributed by atoms with Crippen molar-refractivity contribution in [2.75, 3.05) is 13.1 Å². The molecule has 5 heteroatoms. The van der Waals surface area contributed by atoms with E-state index >= 15 is 0 Å². The molecule has 3 atom stereocenters. The first-order valence-electron chi connectivity index (χ1n) is 9.48. The van der Waals surface area contributed by atoms with Gasteiger partial charge in [0.15, 0.2) is 0 Å². The number of aromatic nitrogens is 2. The molecule has 2 aromatic heterocycles. The van der Waals surface area contributed by atoms with Crippen LogP contribution < -0.4 is 0 Å². The topological polar surface area (TPSA) is 62.1 Å². The Morgan fingerprint density at radius 1 is 1.44 bits per heavy atom. The number of aromatic amines is 1. The van der Waals surface area contributed by atoms with Gasteiger partial charge in [-0.2, -0.15) is 5.10 Å². The van der Waals surface area contributed by atoms with Gasteiger partial charge < -0.3 is 9.32 Å². The third-order valence-electron chi connectivity index (χ3n) is 5.66. The summed E-state index contributed by atoms with van der Waals surface area (Å²) in [5, 5.41) is 7.39. The Bertz CT molecular complexity index is 748. The fraction of sp³-hybridized carbons (Fsp3) is 0.600. The number of carbonyl (C=O) groups is 1. The van der Waals surface area contributed by atoms with Crippen LogP contribution in [-0.2, 0) is 11.2 Å². The molecule has 25 heavy (non-hydrogen) atoms. The van der Waals surface area contributed by atoms with Crippen LogP contribution in [0.1, 0.15) is 67.4 Å². The Morgan fingerprint density at radius 2 is 2.28 bits per heavy atom. The molecule has 3 heterocycles. The van der Waals surface area contributed by atoms with E-state index in [0.717, 1.165) is 54.8 Å². The zero-order valence-electron chi connectivity index (χ0n) is 15.1. The standard InChI is InChI=1S/C20H27N3O2/c1-13-10-17(13)19-7-5-16(25-19)6-8-20(24)23-9-3-4-15(12-23)18-11-14(2)21-22-18/h5,7,11,13,15,17H,3-4,6,8-10,12H2,1-2H3,(H,21,22)/t13-,15+,17-/m0/s1. The maximum absolute atomic E-state index is 12.6. The van der Waals surface area contributed by atoms with Crippen LogP contribution in [-0.4, -0.2) is 34.1 Å². The summed E-state index contributed by atoms with van der Waals surface area (Å²) in [6, 6.07) is 6.23. The highest BCUT2D eigenvalue weighted by Crippen LogP contribution is 2.47. The largest absolute Gasteiger partial charge is 0.466 e. The molecule has 1 saturated heterocycles. The molecule has 0 spiro atoms. The van der Waals surface area contributed by atoms with Crippen LogP contribution in [0.3, 0.4) is 0 Å². The molecule has 2 aromatic rings. The third-order valence-corrected chi connectivity index (χ3v) is 5.66. The summed E-state index contributed by atoms with van der Waals surface area (Å²) < 4.78 is 5.92. The maximum atomic E-state index is 12.6. The van der Waals surface area contributed by atoms with E-state index in [1.165, 1.54) is 6.42 Å². The van der Waals surface area contributed by atoms with E-state index in [1.807, 2.05) is 17.9 Å². The average molecular weight is 341 g/mol. The molecule has 1 saturated carbocycles. The first kappa shape index (κ1) is 16.4. The van der Waals surface area contributed by atoms with Crippen LogP contribution in [0.25, 0.3) is 0 Å². The van der Waals surface area contributed by atoms with Gasteiger partial charge in [-0.3, -0.25) is 9.89 Å². The highest BCUT2D eigenvalue weighted by Gasteiger charge is 2.36. The van der Waals surface area contributed by atoms with Gasteiger partial charge >= 0.3 is 0 Å². The molecule has 2 fully saturated rings. The first-order chi connectivity index (χ1) is 12.1. The first-order valence-corrected chi connectivity index (χ1v) is 9.48. The number of aryl methyl sites for hydroxylation is 2. The molecular formula is C20H27N3O2. The van der Waals surface area contributed by atoms with Gasteiger partial charge in [-0.25, -0.2) is 0 Å². The molecule has 1 N–H and O–H groups in total. The van der Waals surface area contributed by atoms with Crippen molar-refractivity contribution in [1.29, 1.82) is 0 Å². The van der Waals surface area contributed by atoms with E-state index in [4.69, 9.17) is 4.42 Å². The lowest BCUT2D eigenvalue weighted by Gasteiger charge is -2.32. The average Bonchev–Trinajstić information content (AvgIpc) is 3.02. The van der Waals surface area contributed by atoms with Crippen molar-refractivity contribution < 1.29 is 9.21 Å². The van der Waals surface area contributed by atoms with Crippen molar-refractivity contribution >= 4 is 5.91 Å². The van der Waals surface area contributed by atoms with Gasteiger partial charge in [-0.15, -0.1) is 0 Å². The molecule has 5 nitrogen and oxygen atoms in total. The quantitative estimate of drug-likeness (QED) is 0.900. The summed E-state index contributed by atoms with van der Waals surface area (Å²) in [6.45, 7) is 5.92. The number of nitrogens with zero attached hydrogens (tertiary/aromatic N) is 2. The lowest BCUT2D eigenvalue weighted by molar-refractivity contribution is -0.132. The summed E-state index contributed by atoms with van der Waals surface area (Å²) >= 11 is 0. The van der Waals surface area contributed by atoms with Crippen LogP contribution in [0.4, 0.5) is 0 Å². The number of hydrogen-bond acceptors (Lipinski definition) is 3. The Balaban J connectivity index is 1.30. The van der Waals surface area contributed by atoms with E-state index in [9.17, 15) is 4.79 Å². The summed E-state index contributed by atoms with van der Waals surface area (Å²) in [5.74, 6) is 3.98. The van der Waals surface area contributed by atoms with Gasteiger partial charge in [-0.1, -0.05) is 6.92 Å². The number of H-pyrrole nitrogens is 1. The minimum absolute atomic E-state index is 0.231. The monoisotopic (exact) mass is 341 g/mol. The third kappa shape index (κ3) is 3.65. The predicted octanol–water partition coefficient (Wildman–Crippen LogP) is 3.77. The van der Waals surface area contributed by atoms with E-state index in [-0.39, 0.29) is 5.91 Å². The lowest BCUT2D eigenvalue weighted by Crippen LogP contribution is -2.39. The SMILES string of the molecule is Cc1cc([C@@H]2CCCN(C(=O)CCc3ccc([C@H]4C[C@@H]4C)o3)C2)n[nH]1. The molecule has 1 aliphatic carbocycles. The van der Waals surface area contributed by atoms with Gasteiger partial charge in [0.2, 0.25) is 5.91 Å². The lowest BCUT2D eigenvalue weighted by atomic mass is 9.94. The van der Waals surface area contributed by atoms with Gasteiger partial charge in [0.05, 0.1) is 5.69 Å². The molecule has 0 radical (unpaired) electrons. The maximum Gasteiger partial charge on any atom is 0.223 e. The summed E-state index contributed by atoms with van der Waals surface area (Å²) in [6.07, 6.45) is 4.61. The highest BCUT2D eigenvalue weighted by atomic mass is 16.3. The van der Waals surface area contributed by atoms with Crippen molar-refractivity contribution in [3.8, 4) is 0 Å². The highest BCUT2D eigenvalue weighted by molar-refractivity contribution is 5.76. The van der Waals surface area contributed by atoms with Gasteiger partial charge in [0.25, 0.3) is 0 Å². The molecule has 2 aliphatic rings. The molecule has 4 rings (SSSR count). The predicted molar refractivity (Wildman–Crippen MR) is 95.4 cm³/mol. The van der Waals surface area contributed by atoms with Crippen molar-refractivity contribution in [2.45, 2.75) is 57.8 Å². The van der Waals surface area contributed by atoms with Crippen LogP contribution in [0.5, 0.6) is 0 Å². The van der Waals surface area contributed by atoms with Crippen LogP contribution in [0, 0.1) is 12.8 Å². The number of furan rings is 1. The molecule has 0 aromatic carbocycles. The minimum atomic E-state index is 0.231. The Labute approximate surface area is 148 Å². The second-order valence-electron chi connectivity index (χ2n) is 7.78. The second kappa shape index (κ2) is 6.70. The van der Waals surface area contributed by atoms with Gasteiger partial charge in [-0.05, 0) is 50.3 Å². The van der Waals surface area contributed by atoms with E-state index in [0.29, 0.717) is 24.7 Å². The smallest absolute Gasteiger partial charge is 0.223 e. The molecule has 1 amide bonds. The number of likely N-dealkylation sites (tertiary alicyclic amines) is 1. The molecular weight excluding hydrogens is 314 g/mol. The number of hydrogen-bond donors (Lipinski definition) is 1. The zero-order valence-corrected chi connectivity index (χ0v) is 15.1. The van der Waals surface area contributed by atoms with Crippen LogP contribution in [0.2, 0.25) is 0 Å². The van der Waals surface area contributed by atoms with Crippen LogP contribution in [0.15, 0.2) is 22.6 Å². The normalized spacial score (nSPS) is 26.0. The molecule has 1 aliphatic heterocycles. The van der Waals surface area contributed by atoms with Crippen molar-refractivity contribution in [1.82, 2.24) is 15.1 Å². The summed E-state index contributed by atoms with van der Waals surface area (Å²) in [4.78, 5) is 14.6. The zero-order chi connectivity index (χ0) is 17.4. The van der Waals surface area contributed by atoms with Gasteiger partial charge in [0.1, 0.15) is 11.5 Å². The summed E-state index contributed by atoms with van der Waals surface area (Å²) in [5.41, 5.74) is 2.17. The molecule has 134 valence electrons. The number of rotatable bonds is 5. The van der Waals surface area contributed by atoms with Crippen molar-refractivity contribution in [3.63, 3.8) is 0 Å². The van der Waals surface area contributed by atoms with Crippen LogP contribution >= 0.6 is 0 Å². The minimum Gasteiger partial charge on any atom is -0.466 e. The van der Waals surface area contributed by atoms with E-state index in [1.54, 1.807) is 0 Å². The number of carbonyl (C=O) groups excluding carboxylic acids is 1.